The van der Waals surface area contributed by atoms with Gasteiger partial charge in [-0.1, -0.05) is 238 Å². The number of esters is 3. The van der Waals surface area contributed by atoms with Crippen LogP contribution >= 0.6 is 0 Å². The second kappa shape index (κ2) is 60.1. The molecule has 0 N–H and O–H groups in total. The lowest BCUT2D eigenvalue weighted by Gasteiger charge is -2.18. The highest BCUT2D eigenvalue weighted by Crippen LogP contribution is 2.14. The molecule has 0 amide bonds. The molecule has 0 bridgehead atoms. The van der Waals surface area contributed by atoms with E-state index in [4.69, 9.17) is 14.2 Å². The molecule has 73 heavy (non-hydrogen) atoms. The standard InChI is InChI=1S/C67H108O6/c1-4-7-10-13-16-19-22-25-28-31-33-36-39-42-45-48-51-54-57-60-66(69)72-63-64(62-71-65(68)59-56-53-50-47-44-41-38-35-30-27-24-21-18-15-12-9-6-3)73-67(70)61-58-55-52-49-46-43-40-37-34-32-29-26-23-20-17-14-11-8-5-2/h16-21,25-30,33,36,38,41-42,45,47,50-51,54,64H,4-15,22-24,31-32,34-35,37,39-40,43-44,46,48-49,52-53,55-63H2,1-3H3/b19-16-,20-17-,21-18-,28-25-,29-26-,30-27-,36-33-,41-38-,45-42-,50-47-,54-51-/t64-/m0/s1. The average molecular weight is 1010 g/mol. The number of carbonyl (C=O) groups excluding carboxylic acids is 3. The number of allylic oxidation sites excluding steroid dienone is 22. The van der Waals surface area contributed by atoms with Crippen molar-refractivity contribution in [2.75, 3.05) is 13.2 Å². The lowest BCUT2D eigenvalue weighted by atomic mass is 10.1. The van der Waals surface area contributed by atoms with Crippen molar-refractivity contribution in [1.82, 2.24) is 0 Å². The Morgan fingerprint density at radius 2 is 0.534 bits per heavy atom. The van der Waals surface area contributed by atoms with Crippen molar-refractivity contribution < 1.29 is 28.6 Å². The molecule has 412 valence electrons. The molecule has 0 aliphatic carbocycles. The van der Waals surface area contributed by atoms with Gasteiger partial charge in [0.2, 0.25) is 0 Å². The highest BCUT2D eigenvalue weighted by Gasteiger charge is 2.19. The van der Waals surface area contributed by atoms with Crippen LogP contribution in [-0.2, 0) is 28.6 Å². The first-order valence-corrected chi connectivity index (χ1v) is 29.7. The molecule has 0 heterocycles. The second-order valence-corrected chi connectivity index (χ2v) is 19.2. The Morgan fingerprint density at radius 1 is 0.274 bits per heavy atom. The highest BCUT2D eigenvalue weighted by atomic mass is 16.6. The number of ether oxygens (including phenoxy) is 3. The third-order valence-corrected chi connectivity index (χ3v) is 12.1. The summed E-state index contributed by atoms with van der Waals surface area (Å²) >= 11 is 0. The monoisotopic (exact) mass is 1010 g/mol. The molecule has 6 nitrogen and oxygen atoms in total. The van der Waals surface area contributed by atoms with Crippen molar-refractivity contribution in [3.63, 3.8) is 0 Å². The molecular formula is C67H108O6. The normalized spacial score (nSPS) is 13.1. The SMILES string of the molecule is CCCCC/C=C\C/C=C\C/C=C\C/C=C\C/C=C\CCC(=O)OC[C@H](COC(=O)CCC/C=C\C/C=C\C/C=C\C/C=C\CCCCC)OC(=O)CCCCCCCCCCC/C=C\C/C=C\CCCCC. The van der Waals surface area contributed by atoms with Gasteiger partial charge in [-0.3, -0.25) is 14.4 Å². The molecule has 0 rings (SSSR count). The van der Waals surface area contributed by atoms with Crippen LogP contribution in [0.15, 0.2) is 134 Å². The molecule has 6 heteroatoms. The molecule has 0 radical (unpaired) electrons. The van der Waals surface area contributed by atoms with E-state index in [-0.39, 0.29) is 44.0 Å². The Labute approximate surface area is 449 Å². The first-order chi connectivity index (χ1) is 36.0. The van der Waals surface area contributed by atoms with Gasteiger partial charge in [0, 0.05) is 19.3 Å². The molecule has 0 unspecified atom stereocenters. The summed E-state index contributed by atoms with van der Waals surface area (Å²) in [6, 6.07) is 0. The largest absolute Gasteiger partial charge is 0.462 e. The van der Waals surface area contributed by atoms with Crippen LogP contribution in [0.2, 0.25) is 0 Å². The van der Waals surface area contributed by atoms with Gasteiger partial charge in [0.15, 0.2) is 6.10 Å². The molecule has 0 saturated heterocycles. The van der Waals surface area contributed by atoms with Gasteiger partial charge in [0.1, 0.15) is 13.2 Å². The summed E-state index contributed by atoms with van der Waals surface area (Å²) in [7, 11) is 0. The Bertz CT molecular complexity index is 1580. The van der Waals surface area contributed by atoms with Gasteiger partial charge in [-0.2, -0.15) is 0 Å². The number of carbonyl (C=O) groups is 3. The molecule has 0 spiro atoms. The van der Waals surface area contributed by atoms with Crippen LogP contribution in [0.3, 0.4) is 0 Å². The fraction of sp³-hybridized carbons (Fsp3) is 0.627. The number of hydrogen-bond donors (Lipinski definition) is 0. The van der Waals surface area contributed by atoms with Crippen LogP contribution in [0.1, 0.15) is 252 Å². The summed E-state index contributed by atoms with van der Waals surface area (Å²) < 4.78 is 16.8. The lowest BCUT2D eigenvalue weighted by Crippen LogP contribution is -2.30. The first-order valence-electron chi connectivity index (χ1n) is 29.7. The zero-order valence-electron chi connectivity index (χ0n) is 47.1. The maximum Gasteiger partial charge on any atom is 0.306 e. The van der Waals surface area contributed by atoms with Crippen molar-refractivity contribution in [3.8, 4) is 0 Å². The van der Waals surface area contributed by atoms with E-state index < -0.39 is 6.10 Å². The number of unbranched alkanes of at least 4 members (excludes halogenated alkanes) is 19. The van der Waals surface area contributed by atoms with Gasteiger partial charge in [0.25, 0.3) is 0 Å². The molecule has 0 aliphatic heterocycles. The van der Waals surface area contributed by atoms with Crippen LogP contribution in [0.5, 0.6) is 0 Å². The molecule has 0 aromatic rings. The van der Waals surface area contributed by atoms with E-state index in [0.29, 0.717) is 19.3 Å². The second-order valence-electron chi connectivity index (χ2n) is 19.2. The summed E-state index contributed by atoms with van der Waals surface area (Å²) in [5.41, 5.74) is 0. The van der Waals surface area contributed by atoms with E-state index in [1.807, 2.05) is 6.08 Å². The molecule has 0 aromatic carbocycles. The van der Waals surface area contributed by atoms with Crippen LogP contribution in [0, 0.1) is 0 Å². The zero-order valence-corrected chi connectivity index (χ0v) is 47.1. The van der Waals surface area contributed by atoms with E-state index in [2.05, 4.69) is 148 Å². The molecule has 0 aliphatic rings. The lowest BCUT2D eigenvalue weighted by molar-refractivity contribution is -0.166. The van der Waals surface area contributed by atoms with Gasteiger partial charge in [-0.25, -0.2) is 0 Å². The fourth-order valence-electron chi connectivity index (χ4n) is 7.62. The summed E-state index contributed by atoms with van der Waals surface area (Å²) in [6.45, 7) is 6.44. The van der Waals surface area contributed by atoms with Crippen molar-refractivity contribution in [2.45, 2.75) is 258 Å². The number of rotatable bonds is 52. The van der Waals surface area contributed by atoms with E-state index in [0.717, 1.165) is 77.0 Å². The van der Waals surface area contributed by atoms with Gasteiger partial charge in [-0.15, -0.1) is 0 Å². The van der Waals surface area contributed by atoms with E-state index in [1.54, 1.807) is 0 Å². The highest BCUT2D eigenvalue weighted by molar-refractivity contribution is 5.71. The maximum atomic E-state index is 12.9. The van der Waals surface area contributed by atoms with Gasteiger partial charge in [-0.05, 0) is 128 Å². The predicted octanol–water partition coefficient (Wildman–Crippen LogP) is 20.2. The molecule has 0 saturated carbocycles. The Hall–Kier alpha value is -4.45. The molecular weight excluding hydrogens is 901 g/mol. The smallest absolute Gasteiger partial charge is 0.306 e. The quantitative estimate of drug-likeness (QED) is 0.0261. The van der Waals surface area contributed by atoms with Gasteiger partial charge in [0.05, 0.1) is 0 Å². The van der Waals surface area contributed by atoms with Crippen molar-refractivity contribution >= 4 is 17.9 Å². The Kier molecular flexibility index (Phi) is 56.4. The average Bonchev–Trinajstić information content (AvgIpc) is 3.39. The summed E-state index contributed by atoms with van der Waals surface area (Å²) in [6.07, 6.45) is 84.5. The van der Waals surface area contributed by atoms with Crippen LogP contribution in [0.4, 0.5) is 0 Å². The summed E-state index contributed by atoms with van der Waals surface area (Å²) in [4.78, 5) is 38.2. The fourth-order valence-corrected chi connectivity index (χ4v) is 7.62. The molecule has 1 atom stereocenters. The summed E-state index contributed by atoms with van der Waals surface area (Å²) in [5, 5.41) is 0. The van der Waals surface area contributed by atoms with E-state index in [9.17, 15) is 14.4 Å². The van der Waals surface area contributed by atoms with Crippen LogP contribution < -0.4 is 0 Å². The van der Waals surface area contributed by atoms with Crippen molar-refractivity contribution in [2.24, 2.45) is 0 Å². The Balaban J connectivity index is 4.60. The maximum absolute atomic E-state index is 12.9. The minimum atomic E-state index is -0.838. The minimum Gasteiger partial charge on any atom is -0.462 e. The van der Waals surface area contributed by atoms with Crippen LogP contribution in [0.25, 0.3) is 0 Å². The third kappa shape index (κ3) is 58.3. The van der Waals surface area contributed by atoms with E-state index in [1.165, 1.54) is 122 Å². The minimum absolute atomic E-state index is 0.135. The third-order valence-electron chi connectivity index (χ3n) is 12.1. The number of hydrogen-bond acceptors (Lipinski definition) is 6. The van der Waals surface area contributed by atoms with Gasteiger partial charge < -0.3 is 14.2 Å². The molecule has 0 aromatic heterocycles. The van der Waals surface area contributed by atoms with Gasteiger partial charge >= 0.3 is 17.9 Å². The van der Waals surface area contributed by atoms with Crippen molar-refractivity contribution in [3.05, 3.63) is 134 Å². The molecule has 0 fully saturated rings. The zero-order chi connectivity index (χ0) is 52.9. The summed E-state index contributed by atoms with van der Waals surface area (Å²) in [5.74, 6) is -1.08. The predicted molar refractivity (Wildman–Crippen MR) is 316 cm³/mol. The topological polar surface area (TPSA) is 78.9 Å². The van der Waals surface area contributed by atoms with E-state index >= 15 is 0 Å². The van der Waals surface area contributed by atoms with Crippen LogP contribution in [-0.4, -0.2) is 37.2 Å². The Morgan fingerprint density at radius 3 is 0.890 bits per heavy atom. The van der Waals surface area contributed by atoms with Crippen molar-refractivity contribution in [1.29, 1.82) is 0 Å². The first kappa shape index (κ1) is 68.6.